The Morgan fingerprint density at radius 3 is 2.09 bits per heavy atom. The van der Waals surface area contributed by atoms with E-state index in [1.54, 1.807) is 24.5 Å². The van der Waals surface area contributed by atoms with Crippen LogP contribution in [-0.2, 0) is 29.2 Å². The third-order valence-corrected chi connectivity index (χ3v) is 5.86. The van der Waals surface area contributed by atoms with E-state index in [0.29, 0.717) is 25.9 Å². The number of pyridine rings is 1. The van der Waals surface area contributed by atoms with Crippen molar-refractivity contribution < 1.29 is 22.8 Å². The molecule has 1 rings (SSSR count). The van der Waals surface area contributed by atoms with Gasteiger partial charge in [0.15, 0.2) is 0 Å². The number of carbonyl (C=O) groups is 1. The standard InChI is InChI=1S/C15H25NO5Si/c1-4-19-22(20-5-2,21-6-3)12-11-18-15(17)13-14-7-9-16-10-8-14/h7-10H,4-6,11-13H2,1-3H3. The highest BCUT2D eigenvalue weighted by molar-refractivity contribution is 6.60. The predicted molar refractivity (Wildman–Crippen MR) is 84.3 cm³/mol. The van der Waals surface area contributed by atoms with Crippen LogP contribution in [-0.4, -0.2) is 46.2 Å². The van der Waals surface area contributed by atoms with Crippen LogP contribution in [0.1, 0.15) is 26.3 Å². The molecule has 1 aromatic heterocycles. The Morgan fingerprint density at radius 2 is 1.59 bits per heavy atom. The zero-order chi connectivity index (χ0) is 16.3. The molecular formula is C15H25NO5Si. The lowest BCUT2D eigenvalue weighted by molar-refractivity contribution is -0.142. The Labute approximate surface area is 133 Å². The maximum atomic E-state index is 11.8. The maximum absolute atomic E-state index is 11.8. The highest BCUT2D eigenvalue weighted by Crippen LogP contribution is 2.16. The maximum Gasteiger partial charge on any atom is 0.504 e. The Hall–Kier alpha value is -1.28. The Morgan fingerprint density at radius 1 is 1.05 bits per heavy atom. The molecule has 1 heterocycles. The second-order valence-corrected chi connectivity index (χ2v) is 7.22. The van der Waals surface area contributed by atoms with Gasteiger partial charge in [0.05, 0.1) is 19.1 Å². The smallest absolute Gasteiger partial charge is 0.465 e. The molecule has 0 atom stereocenters. The zero-order valence-electron chi connectivity index (χ0n) is 13.5. The van der Waals surface area contributed by atoms with Crippen molar-refractivity contribution in [3.05, 3.63) is 30.1 Å². The molecule has 0 fully saturated rings. The summed E-state index contributed by atoms with van der Waals surface area (Å²) in [5.41, 5.74) is 0.878. The van der Waals surface area contributed by atoms with Crippen molar-refractivity contribution in [3.63, 3.8) is 0 Å². The number of ether oxygens (including phenoxy) is 1. The predicted octanol–water partition coefficient (Wildman–Crippen LogP) is 2.22. The summed E-state index contributed by atoms with van der Waals surface area (Å²) in [7, 11) is -2.74. The lowest BCUT2D eigenvalue weighted by atomic mass is 10.2. The minimum absolute atomic E-state index is 0.231. The first-order valence-corrected chi connectivity index (χ1v) is 9.55. The first kappa shape index (κ1) is 18.8. The Bertz CT molecular complexity index is 412. The van der Waals surface area contributed by atoms with Crippen molar-refractivity contribution in [1.29, 1.82) is 0 Å². The van der Waals surface area contributed by atoms with Crippen LogP contribution in [0.3, 0.4) is 0 Å². The van der Waals surface area contributed by atoms with Gasteiger partial charge in [0, 0.05) is 32.2 Å². The zero-order valence-corrected chi connectivity index (χ0v) is 14.5. The van der Waals surface area contributed by atoms with Crippen molar-refractivity contribution >= 4 is 14.8 Å². The number of hydrogen-bond acceptors (Lipinski definition) is 6. The molecule has 0 N–H and O–H groups in total. The molecule has 6 nitrogen and oxygen atoms in total. The molecule has 0 spiro atoms. The van der Waals surface area contributed by atoms with Crippen LogP contribution in [0.5, 0.6) is 0 Å². The molecular weight excluding hydrogens is 302 g/mol. The summed E-state index contributed by atoms with van der Waals surface area (Å²) in [6.45, 7) is 7.46. The molecule has 0 aliphatic rings. The Kier molecular flexibility index (Phi) is 8.91. The monoisotopic (exact) mass is 327 g/mol. The van der Waals surface area contributed by atoms with Crippen molar-refractivity contribution in [2.24, 2.45) is 0 Å². The van der Waals surface area contributed by atoms with Gasteiger partial charge in [-0.25, -0.2) is 0 Å². The van der Waals surface area contributed by atoms with E-state index in [1.807, 2.05) is 20.8 Å². The topological polar surface area (TPSA) is 66.9 Å². The first-order chi connectivity index (χ1) is 10.7. The molecule has 0 aliphatic heterocycles. The fraction of sp³-hybridized carbons (Fsp3) is 0.600. The molecule has 0 bridgehead atoms. The van der Waals surface area contributed by atoms with Gasteiger partial charge in [0.25, 0.3) is 0 Å². The quantitative estimate of drug-likeness (QED) is 0.458. The summed E-state index contributed by atoms with van der Waals surface area (Å²) in [6, 6.07) is 4.05. The number of nitrogens with zero attached hydrogens (tertiary/aromatic N) is 1. The number of carbonyl (C=O) groups excluding carboxylic acids is 1. The lowest BCUT2D eigenvalue weighted by Crippen LogP contribution is -2.47. The third-order valence-electron chi connectivity index (χ3n) is 2.86. The van der Waals surface area contributed by atoms with Gasteiger partial charge in [-0.2, -0.15) is 0 Å². The van der Waals surface area contributed by atoms with Gasteiger partial charge in [-0.3, -0.25) is 9.78 Å². The van der Waals surface area contributed by atoms with Crippen LogP contribution in [0.4, 0.5) is 0 Å². The van der Waals surface area contributed by atoms with Gasteiger partial charge in [-0.1, -0.05) is 0 Å². The summed E-state index contributed by atoms with van der Waals surface area (Å²) in [5.74, 6) is -0.279. The molecule has 22 heavy (non-hydrogen) atoms. The SMILES string of the molecule is CCO[Si](CCOC(=O)Cc1ccncc1)(OCC)OCC. The fourth-order valence-electron chi connectivity index (χ4n) is 2.01. The average molecular weight is 327 g/mol. The van der Waals surface area contributed by atoms with E-state index in [9.17, 15) is 4.79 Å². The summed E-state index contributed by atoms with van der Waals surface area (Å²) < 4.78 is 22.4. The molecule has 0 amide bonds. The fourth-order valence-corrected chi connectivity index (χ4v) is 4.36. The van der Waals surface area contributed by atoms with E-state index in [4.69, 9.17) is 18.0 Å². The largest absolute Gasteiger partial charge is 0.504 e. The van der Waals surface area contributed by atoms with Crippen molar-refractivity contribution in [2.45, 2.75) is 33.2 Å². The van der Waals surface area contributed by atoms with Crippen LogP contribution < -0.4 is 0 Å². The second kappa shape index (κ2) is 10.4. The van der Waals surface area contributed by atoms with Gasteiger partial charge in [-0.05, 0) is 38.5 Å². The molecule has 1 aromatic rings. The van der Waals surface area contributed by atoms with Gasteiger partial charge in [0.2, 0.25) is 0 Å². The number of rotatable bonds is 11. The number of esters is 1. The van der Waals surface area contributed by atoms with E-state index < -0.39 is 8.80 Å². The van der Waals surface area contributed by atoms with Crippen LogP contribution in [0.25, 0.3) is 0 Å². The van der Waals surface area contributed by atoms with E-state index in [0.717, 1.165) is 5.56 Å². The summed E-state index contributed by atoms with van der Waals surface area (Å²) in [4.78, 5) is 15.7. The van der Waals surface area contributed by atoms with Crippen molar-refractivity contribution in [3.8, 4) is 0 Å². The molecule has 0 saturated carbocycles. The van der Waals surface area contributed by atoms with E-state index in [2.05, 4.69) is 4.98 Å². The molecule has 124 valence electrons. The highest BCUT2D eigenvalue weighted by atomic mass is 28.4. The second-order valence-electron chi connectivity index (χ2n) is 4.48. The van der Waals surface area contributed by atoms with Crippen molar-refractivity contribution in [1.82, 2.24) is 4.98 Å². The molecule has 0 saturated heterocycles. The minimum Gasteiger partial charge on any atom is -0.465 e. The molecule has 0 aliphatic carbocycles. The van der Waals surface area contributed by atoms with Crippen LogP contribution in [0, 0.1) is 0 Å². The van der Waals surface area contributed by atoms with Crippen LogP contribution in [0.15, 0.2) is 24.5 Å². The van der Waals surface area contributed by atoms with E-state index in [-0.39, 0.29) is 19.0 Å². The molecule has 0 unspecified atom stereocenters. The Balaban J connectivity index is 2.45. The molecule has 7 heteroatoms. The van der Waals surface area contributed by atoms with Crippen LogP contribution >= 0.6 is 0 Å². The third kappa shape index (κ3) is 6.65. The lowest BCUT2D eigenvalue weighted by Gasteiger charge is -2.28. The van der Waals surface area contributed by atoms with E-state index >= 15 is 0 Å². The average Bonchev–Trinajstić information content (AvgIpc) is 2.49. The van der Waals surface area contributed by atoms with Gasteiger partial charge < -0.3 is 18.0 Å². The highest BCUT2D eigenvalue weighted by Gasteiger charge is 2.40. The summed E-state index contributed by atoms with van der Waals surface area (Å²) in [5, 5.41) is 0. The van der Waals surface area contributed by atoms with E-state index in [1.165, 1.54) is 0 Å². The summed E-state index contributed by atoms with van der Waals surface area (Å²) in [6.07, 6.45) is 3.54. The first-order valence-electron chi connectivity index (χ1n) is 7.62. The van der Waals surface area contributed by atoms with Gasteiger partial charge in [-0.15, -0.1) is 0 Å². The number of aromatic nitrogens is 1. The van der Waals surface area contributed by atoms with Gasteiger partial charge >= 0.3 is 14.8 Å². The van der Waals surface area contributed by atoms with Crippen molar-refractivity contribution in [2.75, 3.05) is 26.4 Å². The van der Waals surface area contributed by atoms with Gasteiger partial charge in [0.1, 0.15) is 0 Å². The normalized spacial score (nSPS) is 11.4. The number of hydrogen-bond donors (Lipinski definition) is 0. The minimum atomic E-state index is -2.74. The summed E-state index contributed by atoms with van der Waals surface area (Å²) >= 11 is 0. The van der Waals surface area contributed by atoms with Crippen LogP contribution in [0.2, 0.25) is 6.04 Å². The molecule has 0 radical (unpaired) electrons. The molecule has 0 aromatic carbocycles.